The number of rotatable bonds is 1. The lowest BCUT2D eigenvalue weighted by atomic mass is 9.95. The Labute approximate surface area is 109 Å². The van der Waals surface area contributed by atoms with E-state index in [9.17, 15) is 13.2 Å². The number of nitrogens with two attached hydrogens (primary N) is 1. The summed E-state index contributed by atoms with van der Waals surface area (Å²) < 4.78 is 38.2. The second-order valence-corrected chi connectivity index (χ2v) is 5.15. The van der Waals surface area contributed by atoms with Gasteiger partial charge in [0.25, 0.3) is 0 Å². The highest BCUT2D eigenvalue weighted by atomic mass is 19.4. The molecule has 0 saturated carbocycles. The Kier molecular flexibility index (Phi) is 3.56. The van der Waals surface area contributed by atoms with Crippen molar-refractivity contribution in [3.05, 3.63) is 11.8 Å². The molecule has 2 unspecified atom stereocenters. The molecule has 106 valence electrons. The summed E-state index contributed by atoms with van der Waals surface area (Å²) in [5.41, 5.74) is 4.41. The number of anilines is 2. The molecule has 0 radical (unpaired) electrons. The van der Waals surface area contributed by atoms with Crippen LogP contribution in [0, 0.1) is 5.92 Å². The average molecular weight is 274 g/mol. The molecular formula is C12H17F3N4. The molecule has 4 nitrogen and oxygen atoms in total. The molecule has 1 aromatic heterocycles. The van der Waals surface area contributed by atoms with Crippen LogP contribution in [-0.2, 0) is 6.18 Å². The number of aromatic nitrogens is 2. The van der Waals surface area contributed by atoms with Gasteiger partial charge in [-0.1, -0.05) is 6.92 Å². The first kappa shape index (κ1) is 13.9. The summed E-state index contributed by atoms with van der Waals surface area (Å²) in [6.45, 7) is 4.75. The molecule has 1 fully saturated rings. The molecular weight excluding hydrogens is 257 g/mol. The van der Waals surface area contributed by atoms with Gasteiger partial charge < -0.3 is 10.6 Å². The van der Waals surface area contributed by atoms with Crippen LogP contribution in [0.1, 0.15) is 32.4 Å². The zero-order valence-electron chi connectivity index (χ0n) is 10.9. The molecule has 1 aliphatic heterocycles. The SMILES string of the molecule is CC1CCC(C)N(c2cc(C(F)(F)F)nc(N)n2)C1. The zero-order valence-corrected chi connectivity index (χ0v) is 10.9. The summed E-state index contributed by atoms with van der Waals surface area (Å²) in [5, 5.41) is 0. The molecule has 0 aromatic carbocycles. The van der Waals surface area contributed by atoms with Crippen molar-refractivity contribution in [2.24, 2.45) is 5.92 Å². The van der Waals surface area contributed by atoms with E-state index < -0.39 is 11.9 Å². The van der Waals surface area contributed by atoms with Gasteiger partial charge in [-0.05, 0) is 25.7 Å². The lowest BCUT2D eigenvalue weighted by Crippen LogP contribution is -2.41. The Morgan fingerprint density at radius 3 is 2.58 bits per heavy atom. The Bertz CT molecular complexity index is 461. The zero-order chi connectivity index (χ0) is 14.2. The second-order valence-electron chi connectivity index (χ2n) is 5.15. The molecule has 0 amide bonds. The van der Waals surface area contributed by atoms with E-state index in [2.05, 4.69) is 16.9 Å². The molecule has 19 heavy (non-hydrogen) atoms. The molecule has 1 aromatic rings. The topological polar surface area (TPSA) is 55.0 Å². The number of nitrogen functional groups attached to an aromatic ring is 1. The molecule has 1 aliphatic rings. The predicted octanol–water partition coefficient (Wildman–Crippen LogP) is 2.70. The number of alkyl halides is 3. The Hall–Kier alpha value is -1.53. The highest BCUT2D eigenvalue weighted by Gasteiger charge is 2.35. The number of piperidine rings is 1. The van der Waals surface area contributed by atoms with Crippen LogP contribution in [0.15, 0.2) is 6.07 Å². The lowest BCUT2D eigenvalue weighted by molar-refractivity contribution is -0.141. The van der Waals surface area contributed by atoms with E-state index in [4.69, 9.17) is 5.73 Å². The van der Waals surface area contributed by atoms with E-state index in [1.54, 1.807) is 0 Å². The minimum absolute atomic E-state index is 0.159. The van der Waals surface area contributed by atoms with Crippen molar-refractivity contribution in [2.75, 3.05) is 17.2 Å². The van der Waals surface area contributed by atoms with Gasteiger partial charge in [-0.3, -0.25) is 0 Å². The van der Waals surface area contributed by atoms with Crippen molar-refractivity contribution < 1.29 is 13.2 Å². The van der Waals surface area contributed by atoms with Crippen LogP contribution in [0.5, 0.6) is 0 Å². The van der Waals surface area contributed by atoms with Gasteiger partial charge in [0.15, 0.2) is 5.69 Å². The molecule has 1 saturated heterocycles. The van der Waals surface area contributed by atoms with Gasteiger partial charge in [-0.2, -0.15) is 18.2 Å². The van der Waals surface area contributed by atoms with E-state index in [1.165, 1.54) is 0 Å². The van der Waals surface area contributed by atoms with Gasteiger partial charge in [0, 0.05) is 18.7 Å². The molecule has 2 rings (SSSR count). The summed E-state index contributed by atoms with van der Waals surface area (Å²) in [5.74, 6) is 0.357. The number of hydrogen-bond acceptors (Lipinski definition) is 4. The van der Waals surface area contributed by atoms with Gasteiger partial charge in [0.2, 0.25) is 5.95 Å². The molecule has 0 spiro atoms. The predicted molar refractivity (Wildman–Crippen MR) is 66.7 cm³/mol. The lowest BCUT2D eigenvalue weighted by Gasteiger charge is -2.37. The van der Waals surface area contributed by atoms with Crippen LogP contribution >= 0.6 is 0 Å². The van der Waals surface area contributed by atoms with E-state index in [1.807, 2.05) is 11.8 Å². The largest absolute Gasteiger partial charge is 0.433 e. The van der Waals surface area contributed by atoms with Crippen molar-refractivity contribution in [1.82, 2.24) is 9.97 Å². The molecule has 2 heterocycles. The Morgan fingerprint density at radius 1 is 1.26 bits per heavy atom. The first-order valence-corrected chi connectivity index (χ1v) is 6.25. The fourth-order valence-electron chi connectivity index (χ4n) is 2.35. The summed E-state index contributed by atoms with van der Waals surface area (Å²) in [6.07, 6.45) is -2.49. The minimum Gasteiger partial charge on any atom is -0.368 e. The third kappa shape index (κ3) is 3.08. The van der Waals surface area contributed by atoms with Crippen LogP contribution in [0.2, 0.25) is 0 Å². The van der Waals surface area contributed by atoms with Gasteiger partial charge in [0.1, 0.15) is 5.82 Å². The quantitative estimate of drug-likeness (QED) is 0.855. The van der Waals surface area contributed by atoms with Crippen LogP contribution in [0.3, 0.4) is 0 Å². The summed E-state index contributed by atoms with van der Waals surface area (Å²) in [7, 11) is 0. The van der Waals surface area contributed by atoms with Crippen LogP contribution in [0.4, 0.5) is 24.9 Å². The van der Waals surface area contributed by atoms with Gasteiger partial charge in [-0.15, -0.1) is 0 Å². The maximum atomic E-state index is 12.7. The first-order chi connectivity index (χ1) is 8.77. The third-order valence-electron chi connectivity index (χ3n) is 3.43. The normalized spacial score (nSPS) is 24.6. The highest BCUT2D eigenvalue weighted by Crippen LogP contribution is 2.32. The molecule has 0 bridgehead atoms. The smallest absolute Gasteiger partial charge is 0.368 e. The minimum atomic E-state index is -4.50. The van der Waals surface area contributed by atoms with Gasteiger partial charge >= 0.3 is 6.18 Å². The molecule has 2 N–H and O–H groups in total. The van der Waals surface area contributed by atoms with Crippen molar-refractivity contribution in [3.8, 4) is 0 Å². The van der Waals surface area contributed by atoms with Gasteiger partial charge in [-0.25, -0.2) is 4.98 Å². The molecule has 2 atom stereocenters. The monoisotopic (exact) mass is 274 g/mol. The van der Waals surface area contributed by atoms with E-state index in [-0.39, 0.29) is 17.8 Å². The Morgan fingerprint density at radius 2 is 1.95 bits per heavy atom. The maximum Gasteiger partial charge on any atom is 0.433 e. The van der Waals surface area contributed by atoms with Crippen molar-refractivity contribution in [3.63, 3.8) is 0 Å². The van der Waals surface area contributed by atoms with Crippen molar-refractivity contribution in [1.29, 1.82) is 0 Å². The van der Waals surface area contributed by atoms with Crippen LogP contribution in [0.25, 0.3) is 0 Å². The first-order valence-electron chi connectivity index (χ1n) is 6.25. The number of nitrogens with zero attached hydrogens (tertiary/aromatic N) is 3. The van der Waals surface area contributed by atoms with E-state index >= 15 is 0 Å². The Balaban J connectivity index is 2.36. The fourth-order valence-corrected chi connectivity index (χ4v) is 2.35. The summed E-state index contributed by atoms with van der Waals surface area (Å²) in [6, 6.07) is 1.14. The molecule has 7 heteroatoms. The van der Waals surface area contributed by atoms with Crippen molar-refractivity contribution >= 4 is 11.8 Å². The summed E-state index contributed by atoms with van der Waals surface area (Å²) in [4.78, 5) is 9.08. The molecule has 0 aliphatic carbocycles. The van der Waals surface area contributed by atoms with E-state index in [0.717, 1.165) is 18.9 Å². The maximum absolute atomic E-state index is 12.7. The van der Waals surface area contributed by atoms with Crippen molar-refractivity contribution in [2.45, 2.75) is 38.9 Å². The summed E-state index contributed by atoms with van der Waals surface area (Å²) >= 11 is 0. The van der Waals surface area contributed by atoms with E-state index in [0.29, 0.717) is 12.5 Å². The highest BCUT2D eigenvalue weighted by molar-refractivity contribution is 5.45. The van der Waals surface area contributed by atoms with Gasteiger partial charge in [0.05, 0.1) is 0 Å². The average Bonchev–Trinajstić information content (AvgIpc) is 2.30. The third-order valence-corrected chi connectivity index (χ3v) is 3.43. The fraction of sp³-hybridized carbons (Fsp3) is 0.667. The number of hydrogen-bond donors (Lipinski definition) is 1. The van der Waals surface area contributed by atoms with Crippen LogP contribution < -0.4 is 10.6 Å². The number of halogens is 3. The standard InChI is InChI=1S/C12H17F3N4/c1-7-3-4-8(2)19(6-7)10-5-9(12(13,14)15)17-11(16)18-10/h5,7-8H,3-4,6H2,1-2H3,(H2,16,17,18). The van der Waals surface area contributed by atoms with Crippen LogP contribution in [-0.4, -0.2) is 22.6 Å². The second kappa shape index (κ2) is 4.86.